The lowest BCUT2D eigenvalue weighted by molar-refractivity contribution is 0.328. The molecular weight excluding hydrogens is 239 g/mol. The lowest BCUT2D eigenvalue weighted by Crippen LogP contribution is -2.02. The molecule has 0 radical (unpaired) electrons. The largest absolute Gasteiger partial charge is 0.242 e. The minimum atomic E-state index is -0.765. The molecule has 0 amide bonds. The first-order valence-electron chi connectivity index (χ1n) is 3.84. The minimum absolute atomic E-state index is 0.647. The second kappa shape index (κ2) is 3.38. The Balaban J connectivity index is 2.52. The highest BCUT2D eigenvalue weighted by Gasteiger charge is 2.20. The summed E-state index contributed by atoms with van der Waals surface area (Å²) in [6, 6.07) is 5.72. The number of rotatable bonds is 0. The first kappa shape index (κ1) is 8.57. The maximum absolute atomic E-state index is 13.3. The average Bonchev–Trinajstić information content (AvgIpc) is 2.07. The molecule has 0 saturated heterocycles. The Labute approximate surface area is 83.7 Å². The number of thioether (sulfide) groups is 1. The summed E-state index contributed by atoms with van der Waals surface area (Å²) in [6.07, 6.45) is -0.118. The van der Waals surface area contributed by atoms with Crippen LogP contribution in [-0.2, 0) is 0 Å². The van der Waals surface area contributed by atoms with Crippen LogP contribution in [0.25, 0.3) is 0 Å². The molecule has 0 nitrogen and oxygen atoms in total. The van der Waals surface area contributed by atoms with Crippen LogP contribution >= 0.6 is 27.7 Å². The van der Waals surface area contributed by atoms with Gasteiger partial charge in [0.05, 0.1) is 0 Å². The normalized spacial score (nSPS) is 22.0. The molecule has 0 bridgehead atoms. The van der Waals surface area contributed by atoms with Crippen molar-refractivity contribution in [3.63, 3.8) is 0 Å². The molecule has 1 heterocycles. The van der Waals surface area contributed by atoms with Crippen molar-refractivity contribution in [1.29, 1.82) is 0 Å². The molecule has 0 fully saturated rings. The number of benzene rings is 1. The number of hydrogen-bond acceptors (Lipinski definition) is 1. The summed E-state index contributed by atoms with van der Waals surface area (Å²) in [6.45, 7) is 0. The Morgan fingerprint density at radius 3 is 3.08 bits per heavy atom. The summed E-state index contributed by atoms with van der Waals surface area (Å²) in [5.41, 5.74) is 0.848. The van der Waals surface area contributed by atoms with Gasteiger partial charge in [-0.15, -0.1) is 11.8 Å². The van der Waals surface area contributed by atoms with Crippen LogP contribution in [-0.4, -0.2) is 5.75 Å². The summed E-state index contributed by atoms with van der Waals surface area (Å²) in [4.78, 5) is 1.08. The van der Waals surface area contributed by atoms with Gasteiger partial charge in [0, 0.05) is 20.7 Å². The van der Waals surface area contributed by atoms with E-state index in [1.54, 1.807) is 11.8 Å². The molecule has 0 aliphatic carbocycles. The monoisotopic (exact) mass is 246 g/mol. The summed E-state index contributed by atoms with van der Waals surface area (Å²) in [5.74, 6) is 0.886. The van der Waals surface area contributed by atoms with Crippen LogP contribution in [0, 0.1) is 0 Å². The van der Waals surface area contributed by atoms with Crippen molar-refractivity contribution in [2.24, 2.45) is 0 Å². The van der Waals surface area contributed by atoms with Gasteiger partial charge in [0.2, 0.25) is 0 Å². The van der Waals surface area contributed by atoms with Gasteiger partial charge in [0.25, 0.3) is 0 Å². The van der Waals surface area contributed by atoms with Crippen molar-refractivity contribution in [2.75, 3.05) is 5.75 Å². The number of hydrogen-bond donors (Lipinski definition) is 0. The van der Waals surface area contributed by atoms with Gasteiger partial charge in [0.15, 0.2) is 0 Å². The fraction of sp³-hybridized carbons (Fsp3) is 0.333. The second-order valence-electron chi connectivity index (χ2n) is 2.76. The lowest BCUT2D eigenvalue weighted by atomic mass is 10.1. The molecule has 1 unspecified atom stereocenters. The highest BCUT2D eigenvalue weighted by Crippen LogP contribution is 2.41. The molecule has 1 aromatic rings. The second-order valence-corrected chi connectivity index (χ2v) is 4.72. The Morgan fingerprint density at radius 2 is 2.33 bits per heavy atom. The zero-order chi connectivity index (χ0) is 8.55. The SMILES string of the molecule is FC1CCSc2c(Br)cccc21. The van der Waals surface area contributed by atoms with Gasteiger partial charge in [-0.3, -0.25) is 0 Å². The number of halogens is 2. The first-order chi connectivity index (χ1) is 5.79. The maximum Gasteiger partial charge on any atom is 0.127 e. The van der Waals surface area contributed by atoms with E-state index in [1.165, 1.54) is 0 Å². The van der Waals surface area contributed by atoms with Gasteiger partial charge in [0.1, 0.15) is 6.17 Å². The van der Waals surface area contributed by atoms with Crippen LogP contribution in [0.15, 0.2) is 27.6 Å². The zero-order valence-electron chi connectivity index (χ0n) is 6.39. The quantitative estimate of drug-likeness (QED) is 0.668. The van der Waals surface area contributed by atoms with E-state index in [-0.39, 0.29) is 0 Å². The third-order valence-corrected chi connectivity index (χ3v) is 4.06. The lowest BCUT2D eigenvalue weighted by Gasteiger charge is -2.19. The molecule has 0 N–H and O–H groups in total. The molecule has 1 atom stereocenters. The van der Waals surface area contributed by atoms with Gasteiger partial charge >= 0.3 is 0 Å². The molecule has 64 valence electrons. The van der Waals surface area contributed by atoms with E-state index in [0.717, 1.165) is 20.7 Å². The predicted molar refractivity (Wildman–Crippen MR) is 53.3 cm³/mol. The van der Waals surface area contributed by atoms with Gasteiger partial charge < -0.3 is 0 Å². The van der Waals surface area contributed by atoms with E-state index in [4.69, 9.17) is 0 Å². The Kier molecular flexibility index (Phi) is 2.42. The third-order valence-electron chi connectivity index (χ3n) is 1.95. The van der Waals surface area contributed by atoms with Crippen molar-refractivity contribution in [2.45, 2.75) is 17.5 Å². The van der Waals surface area contributed by atoms with E-state index in [2.05, 4.69) is 15.9 Å². The third kappa shape index (κ3) is 1.40. The molecule has 1 aromatic carbocycles. The van der Waals surface area contributed by atoms with Crippen LogP contribution in [0.3, 0.4) is 0 Å². The summed E-state index contributed by atoms with van der Waals surface area (Å²) >= 11 is 5.15. The van der Waals surface area contributed by atoms with Crippen molar-refractivity contribution in [1.82, 2.24) is 0 Å². The standard InChI is InChI=1S/C9H8BrFS/c10-7-3-1-2-6-8(11)4-5-12-9(6)7/h1-3,8H,4-5H2. The number of alkyl halides is 1. The molecule has 3 heteroatoms. The van der Waals surface area contributed by atoms with Crippen molar-refractivity contribution in [3.8, 4) is 0 Å². The fourth-order valence-electron chi connectivity index (χ4n) is 1.34. The van der Waals surface area contributed by atoms with Gasteiger partial charge in [-0.25, -0.2) is 4.39 Å². The molecule has 1 aliphatic rings. The van der Waals surface area contributed by atoms with Crippen molar-refractivity contribution >= 4 is 27.7 Å². The topological polar surface area (TPSA) is 0 Å². The van der Waals surface area contributed by atoms with Gasteiger partial charge in [-0.1, -0.05) is 12.1 Å². The fourth-order valence-corrected chi connectivity index (χ4v) is 3.17. The maximum atomic E-state index is 13.3. The Hall–Kier alpha value is -0.0200. The van der Waals surface area contributed by atoms with Crippen molar-refractivity contribution in [3.05, 3.63) is 28.2 Å². The highest BCUT2D eigenvalue weighted by molar-refractivity contribution is 9.10. The number of fused-ring (bicyclic) bond motifs is 1. The van der Waals surface area contributed by atoms with E-state index in [0.29, 0.717) is 6.42 Å². The van der Waals surface area contributed by atoms with E-state index >= 15 is 0 Å². The molecule has 0 spiro atoms. The molecular formula is C9H8BrFS. The molecule has 2 rings (SSSR count). The summed E-state index contributed by atoms with van der Waals surface area (Å²) < 4.78 is 14.3. The van der Waals surface area contributed by atoms with E-state index < -0.39 is 6.17 Å². The molecule has 12 heavy (non-hydrogen) atoms. The van der Waals surface area contributed by atoms with Crippen LogP contribution in [0.5, 0.6) is 0 Å². The zero-order valence-corrected chi connectivity index (χ0v) is 8.79. The van der Waals surface area contributed by atoms with E-state index in [9.17, 15) is 4.39 Å². The van der Waals surface area contributed by atoms with E-state index in [1.807, 2.05) is 18.2 Å². The summed E-state index contributed by atoms with van der Waals surface area (Å²) in [5, 5.41) is 0. The van der Waals surface area contributed by atoms with Crippen LogP contribution in [0.2, 0.25) is 0 Å². The Morgan fingerprint density at radius 1 is 1.50 bits per heavy atom. The van der Waals surface area contributed by atoms with Crippen LogP contribution in [0.4, 0.5) is 4.39 Å². The minimum Gasteiger partial charge on any atom is -0.242 e. The van der Waals surface area contributed by atoms with Crippen molar-refractivity contribution < 1.29 is 4.39 Å². The molecule has 0 saturated carbocycles. The molecule has 0 aromatic heterocycles. The van der Waals surface area contributed by atoms with Crippen LogP contribution < -0.4 is 0 Å². The van der Waals surface area contributed by atoms with Gasteiger partial charge in [-0.2, -0.15) is 0 Å². The summed E-state index contributed by atoms with van der Waals surface area (Å²) in [7, 11) is 0. The average molecular weight is 247 g/mol. The molecule has 1 aliphatic heterocycles. The van der Waals surface area contributed by atoms with Gasteiger partial charge in [-0.05, 0) is 28.4 Å². The smallest absolute Gasteiger partial charge is 0.127 e. The van der Waals surface area contributed by atoms with Crippen LogP contribution in [0.1, 0.15) is 18.2 Å². The highest BCUT2D eigenvalue weighted by atomic mass is 79.9. The first-order valence-corrected chi connectivity index (χ1v) is 5.62. The predicted octanol–water partition coefficient (Wildman–Crippen LogP) is 3.96. The Bertz CT molecular complexity index is 301.